The monoisotopic (exact) mass is 276 g/mol. The fourth-order valence-corrected chi connectivity index (χ4v) is 1.82. The Morgan fingerprint density at radius 2 is 2.35 bits per heavy atom. The van der Waals surface area contributed by atoms with Gasteiger partial charge in [-0.1, -0.05) is 0 Å². The number of rotatable bonds is 3. The van der Waals surface area contributed by atoms with E-state index in [-0.39, 0.29) is 24.3 Å². The maximum atomic E-state index is 11.6. The standard InChI is InChI=1S/C13H12N2O5/c16-8-1-2-10-11(5-8)20-9(7-19-10)6-15-12(17)13-14-3-4-18-13/h1-5,9,16H,6-7H2,(H,15,17)/t9-/m1/s1. The van der Waals surface area contributed by atoms with Crippen molar-refractivity contribution in [2.24, 2.45) is 0 Å². The van der Waals surface area contributed by atoms with Crippen LogP contribution in [-0.4, -0.2) is 35.3 Å². The summed E-state index contributed by atoms with van der Waals surface area (Å²) in [5.74, 6) is 0.696. The van der Waals surface area contributed by atoms with Crippen molar-refractivity contribution in [1.29, 1.82) is 0 Å². The molecule has 1 aliphatic heterocycles. The Bertz CT molecular complexity index is 611. The molecule has 7 heteroatoms. The van der Waals surface area contributed by atoms with Gasteiger partial charge in [-0.2, -0.15) is 0 Å². The molecule has 1 amide bonds. The van der Waals surface area contributed by atoms with Gasteiger partial charge in [-0.25, -0.2) is 4.98 Å². The van der Waals surface area contributed by atoms with E-state index in [1.807, 2.05) is 0 Å². The number of oxazole rings is 1. The number of nitrogens with zero attached hydrogens (tertiary/aromatic N) is 1. The number of carbonyl (C=O) groups excluding carboxylic acids is 1. The van der Waals surface area contributed by atoms with Crippen LogP contribution < -0.4 is 14.8 Å². The Hall–Kier alpha value is -2.70. The van der Waals surface area contributed by atoms with Gasteiger partial charge in [-0.05, 0) is 12.1 Å². The number of aromatic hydroxyl groups is 1. The van der Waals surface area contributed by atoms with Gasteiger partial charge in [0.1, 0.15) is 24.7 Å². The van der Waals surface area contributed by atoms with Crippen molar-refractivity contribution in [2.45, 2.75) is 6.10 Å². The lowest BCUT2D eigenvalue weighted by Crippen LogP contribution is -2.40. The molecule has 3 rings (SSSR count). The van der Waals surface area contributed by atoms with E-state index in [2.05, 4.69) is 10.3 Å². The third-order valence-corrected chi connectivity index (χ3v) is 2.76. The summed E-state index contributed by atoms with van der Waals surface area (Å²) in [6, 6.07) is 4.62. The zero-order valence-electron chi connectivity index (χ0n) is 10.4. The average molecular weight is 276 g/mol. The maximum Gasteiger partial charge on any atom is 0.307 e. The molecule has 1 aromatic heterocycles. The van der Waals surface area contributed by atoms with E-state index in [0.29, 0.717) is 18.1 Å². The highest BCUT2D eigenvalue weighted by Crippen LogP contribution is 2.34. The van der Waals surface area contributed by atoms with Crippen molar-refractivity contribution >= 4 is 5.91 Å². The fourth-order valence-electron chi connectivity index (χ4n) is 1.82. The minimum atomic E-state index is -0.416. The number of amides is 1. The van der Waals surface area contributed by atoms with Gasteiger partial charge in [0.25, 0.3) is 5.89 Å². The molecule has 0 spiro atoms. The molecular weight excluding hydrogens is 264 g/mol. The van der Waals surface area contributed by atoms with Crippen molar-refractivity contribution in [3.63, 3.8) is 0 Å². The number of ether oxygens (including phenoxy) is 2. The molecule has 104 valence electrons. The summed E-state index contributed by atoms with van der Waals surface area (Å²) in [6.45, 7) is 0.556. The predicted octanol–water partition coefficient (Wildman–Crippen LogP) is 0.950. The van der Waals surface area contributed by atoms with E-state index in [1.165, 1.54) is 24.6 Å². The van der Waals surface area contributed by atoms with Crippen LogP contribution >= 0.6 is 0 Å². The van der Waals surface area contributed by atoms with Crippen LogP contribution in [0, 0.1) is 0 Å². The predicted molar refractivity (Wildman–Crippen MR) is 66.9 cm³/mol. The SMILES string of the molecule is O=C(NC[C@@H]1COc2ccc(O)cc2O1)c1ncco1. The maximum absolute atomic E-state index is 11.6. The van der Waals surface area contributed by atoms with Crippen molar-refractivity contribution in [2.75, 3.05) is 13.2 Å². The van der Waals surface area contributed by atoms with E-state index in [9.17, 15) is 9.90 Å². The normalized spacial score (nSPS) is 16.7. The van der Waals surface area contributed by atoms with Crippen LogP contribution in [0.15, 0.2) is 35.1 Å². The third kappa shape index (κ3) is 2.51. The summed E-state index contributed by atoms with van der Waals surface area (Å²) >= 11 is 0. The lowest BCUT2D eigenvalue weighted by Gasteiger charge is -2.26. The highest BCUT2D eigenvalue weighted by Gasteiger charge is 2.22. The van der Waals surface area contributed by atoms with Gasteiger partial charge in [-0.3, -0.25) is 4.79 Å². The molecule has 2 heterocycles. The molecule has 0 fully saturated rings. The van der Waals surface area contributed by atoms with Crippen LogP contribution in [0.3, 0.4) is 0 Å². The van der Waals surface area contributed by atoms with Gasteiger partial charge in [-0.15, -0.1) is 0 Å². The number of benzene rings is 1. The van der Waals surface area contributed by atoms with Crippen LogP contribution in [0.1, 0.15) is 10.7 Å². The van der Waals surface area contributed by atoms with Gasteiger partial charge < -0.3 is 24.3 Å². The minimum absolute atomic E-state index is 0.000211. The first-order valence-corrected chi connectivity index (χ1v) is 6.02. The number of phenols is 1. The largest absolute Gasteiger partial charge is 0.508 e. The third-order valence-electron chi connectivity index (χ3n) is 2.76. The van der Waals surface area contributed by atoms with Crippen LogP contribution in [0.5, 0.6) is 17.2 Å². The van der Waals surface area contributed by atoms with Crippen molar-refractivity contribution in [3.05, 3.63) is 36.5 Å². The second-order valence-corrected chi connectivity index (χ2v) is 4.23. The molecule has 20 heavy (non-hydrogen) atoms. The van der Waals surface area contributed by atoms with Crippen LogP contribution in [0.4, 0.5) is 0 Å². The van der Waals surface area contributed by atoms with Crippen molar-refractivity contribution in [3.8, 4) is 17.2 Å². The number of fused-ring (bicyclic) bond motifs is 1. The highest BCUT2D eigenvalue weighted by atomic mass is 16.6. The van der Waals surface area contributed by atoms with Gasteiger partial charge in [0.2, 0.25) is 0 Å². The fraction of sp³-hybridized carbons (Fsp3) is 0.231. The van der Waals surface area contributed by atoms with Crippen LogP contribution in [-0.2, 0) is 0 Å². The van der Waals surface area contributed by atoms with E-state index in [1.54, 1.807) is 6.07 Å². The van der Waals surface area contributed by atoms with Gasteiger partial charge in [0.15, 0.2) is 11.5 Å². The number of nitrogens with one attached hydrogen (secondary N) is 1. The minimum Gasteiger partial charge on any atom is -0.508 e. The molecule has 0 unspecified atom stereocenters. The molecule has 0 bridgehead atoms. The molecule has 0 saturated carbocycles. The molecule has 2 N–H and O–H groups in total. The first-order valence-electron chi connectivity index (χ1n) is 6.02. The molecule has 7 nitrogen and oxygen atoms in total. The topological polar surface area (TPSA) is 93.8 Å². The lowest BCUT2D eigenvalue weighted by atomic mass is 10.2. The molecular formula is C13H12N2O5. The van der Waals surface area contributed by atoms with Crippen LogP contribution in [0.25, 0.3) is 0 Å². The highest BCUT2D eigenvalue weighted by molar-refractivity contribution is 5.89. The molecule has 0 saturated heterocycles. The van der Waals surface area contributed by atoms with Gasteiger partial charge >= 0.3 is 5.91 Å². The van der Waals surface area contributed by atoms with Crippen molar-refractivity contribution < 1.29 is 23.8 Å². The molecule has 1 aromatic carbocycles. The van der Waals surface area contributed by atoms with Gasteiger partial charge in [0, 0.05) is 6.07 Å². The summed E-state index contributed by atoms with van der Waals surface area (Å²) in [5.41, 5.74) is 0. The Labute approximate surface area is 114 Å². The van der Waals surface area contributed by atoms with Crippen LogP contribution in [0.2, 0.25) is 0 Å². The zero-order valence-corrected chi connectivity index (χ0v) is 10.4. The van der Waals surface area contributed by atoms with E-state index in [0.717, 1.165) is 0 Å². The summed E-state index contributed by atoms with van der Waals surface area (Å²) < 4.78 is 16.0. The lowest BCUT2D eigenvalue weighted by molar-refractivity contribution is 0.0767. The Morgan fingerprint density at radius 3 is 3.15 bits per heavy atom. The van der Waals surface area contributed by atoms with Crippen molar-refractivity contribution in [1.82, 2.24) is 10.3 Å². The van der Waals surface area contributed by atoms with Gasteiger partial charge in [0.05, 0.1) is 12.7 Å². The second kappa shape index (κ2) is 5.12. The summed E-state index contributed by atoms with van der Waals surface area (Å²) in [4.78, 5) is 15.4. The zero-order chi connectivity index (χ0) is 13.9. The number of phenolic OH excluding ortho intramolecular Hbond substituents is 1. The second-order valence-electron chi connectivity index (χ2n) is 4.23. The molecule has 2 aromatic rings. The number of hydrogen-bond donors (Lipinski definition) is 2. The quantitative estimate of drug-likeness (QED) is 0.866. The number of carbonyl (C=O) groups is 1. The van der Waals surface area contributed by atoms with E-state index in [4.69, 9.17) is 13.9 Å². The molecule has 1 aliphatic rings. The Kier molecular flexibility index (Phi) is 3.16. The smallest absolute Gasteiger partial charge is 0.307 e. The number of hydrogen-bond acceptors (Lipinski definition) is 6. The Morgan fingerprint density at radius 1 is 1.45 bits per heavy atom. The molecule has 0 aliphatic carbocycles. The van der Waals surface area contributed by atoms with E-state index >= 15 is 0 Å². The molecule has 0 radical (unpaired) electrons. The average Bonchev–Trinajstić information content (AvgIpc) is 2.98. The summed E-state index contributed by atoms with van der Waals surface area (Å²) in [6.07, 6.45) is 2.38. The summed E-state index contributed by atoms with van der Waals surface area (Å²) in [5, 5.41) is 12.0. The summed E-state index contributed by atoms with van der Waals surface area (Å²) in [7, 11) is 0. The number of aromatic nitrogens is 1. The first kappa shape index (κ1) is 12.3. The first-order chi connectivity index (χ1) is 9.72. The van der Waals surface area contributed by atoms with E-state index < -0.39 is 5.91 Å². The molecule has 1 atom stereocenters. The Balaban J connectivity index is 1.59.